The Bertz CT molecular complexity index is 1170. The molecule has 1 aliphatic rings. The molecule has 2 aromatic carbocycles. The third-order valence-electron chi connectivity index (χ3n) is 5.06. The van der Waals surface area contributed by atoms with Crippen molar-refractivity contribution in [1.82, 2.24) is 0 Å². The first-order valence-electron chi connectivity index (χ1n) is 10.1. The van der Waals surface area contributed by atoms with E-state index in [1.165, 1.54) is 28.6 Å². The fourth-order valence-electron chi connectivity index (χ4n) is 3.29. The summed E-state index contributed by atoms with van der Waals surface area (Å²) >= 11 is 0. The first-order valence-corrected chi connectivity index (χ1v) is 13.2. The van der Waals surface area contributed by atoms with Gasteiger partial charge in [-0.1, -0.05) is 13.8 Å². The minimum Gasteiger partial charge on any atom is -0.326 e. The number of aryl methyl sites for hydroxylation is 1. The Kier molecular flexibility index (Phi) is 6.61. The van der Waals surface area contributed by atoms with Gasteiger partial charge in [0.15, 0.2) is 0 Å². The van der Waals surface area contributed by atoms with E-state index in [1.807, 2.05) is 0 Å². The van der Waals surface area contributed by atoms with Gasteiger partial charge in [-0.25, -0.2) is 16.8 Å². The van der Waals surface area contributed by atoms with Gasteiger partial charge in [0.1, 0.15) is 0 Å². The van der Waals surface area contributed by atoms with Gasteiger partial charge < -0.3 is 5.32 Å². The van der Waals surface area contributed by atoms with Crippen LogP contribution >= 0.6 is 0 Å². The van der Waals surface area contributed by atoms with Crippen LogP contribution in [0.25, 0.3) is 0 Å². The summed E-state index contributed by atoms with van der Waals surface area (Å²) in [6, 6.07) is 10.8. The summed E-state index contributed by atoms with van der Waals surface area (Å²) < 4.78 is 54.2. The number of benzene rings is 2. The van der Waals surface area contributed by atoms with Crippen molar-refractivity contribution in [2.75, 3.05) is 26.6 Å². The lowest BCUT2D eigenvalue weighted by Gasteiger charge is -2.30. The van der Waals surface area contributed by atoms with Gasteiger partial charge in [0, 0.05) is 23.8 Å². The second-order valence-electron chi connectivity index (χ2n) is 7.69. The van der Waals surface area contributed by atoms with Gasteiger partial charge in [-0.2, -0.15) is 0 Å². The van der Waals surface area contributed by atoms with Crippen molar-refractivity contribution in [1.29, 1.82) is 0 Å². The van der Waals surface area contributed by atoms with E-state index < -0.39 is 20.0 Å². The second-order valence-corrected chi connectivity index (χ2v) is 11.6. The number of rotatable bonds is 7. The molecule has 168 valence electrons. The van der Waals surface area contributed by atoms with Crippen LogP contribution in [0.1, 0.15) is 32.8 Å². The van der Waals surface area contributed by atoms with Crippen molar-refractivity contribution in [3.8, 4) is 0 Å². The molecule has 1 aliphatic heterocycles. The van der Waals surface area contributed by atoms with E-state index in [9.17, 15) is 21.6 Å². The molecule has 0 saturated carbocycles. The number of carbonyl (C=O) groups excluding carboxylic acids is 1. The molecular formula is C21H27N3O5S2. The number of nitrogens with zero attached hydrogens (tertiary/aromatic N) is 1. The highest BCUT2D eigenvalue weighted by molar-refractivity contribution is 7.93. The zero-order chi connectivity index (χ0) is 22.8. The van der Waals surface area contributed by atoms with Crippen LogP contribution in [0.15, 0.2) is 47.4 Å². The molecule has 0 bridgehead atoms. The zero-order valence-electron chi connectivity index (χ0n) is 17.8. The molecule has 0 aliphatic carbocycles. The molecule has 31 heavy (non-hydrogen) atoms. The zero-order valence-corrected chi connectivity index (χ0v) is 19.4. The predicted octanol–water partition coefficient (Wildman–Crippen LogP) is 3.18. The molecule has 2 aromatic rings. The number of amides is 1. The third-order valence-corrected chi connectivity index (χ3v) is 8.24. The molecule has 0 saturated heterocycles. The van der Waals surface area contributed by atoms with E-state index in [-0.39, 0.29) is 22.5 Å². The van der Waals surface area contributed by atoms with Crippen LogP contribution in [0.3, 0.4) is 0 Å². The average Bonchev–Trinajstić information content (AvgIpc) is 2.73. The number of fused-ring (bicyclic) bond motifs is 1. The largest absolute Gasteiger partial charge is 0.326 e. The van der Waals surface area contributed by atoms with Gasteiger partial charge in [0.05, 0.1) is 16.3 Å². The summed E-state index contributed by atoms with van der Waals surface area (Å²) in [5, 5.41) is 2.72. The number of carbonyl (C=O) groups is 1. The minimum absolute atomic E-state index is 0.00837. The van der Waals surface area contributed by atoms with Gasteiger partial charge in [-0.05, 0) is 67.8 Å². The lowest BCUT2D eigenvalue weighted by molar-refractivity contribution is -0.118. The van der Waals surface area contributed by atoms with Gasteiger partial charge in [-0.15, -0.1) is 0 Å². The van der Waals surface area contributed by atoms with Crippen molar-refractivity contribution in [2.45, 2.75) is 38.5 Å². The Morgan fingerprint density at radius 2 is 1.68 bits per heavy atom. The maximum atomic E-state index is 12.8. The summed E-state index contributed by atoms with van der Waals surface area (Å²) in [7, 11) is -7.22. The van der Waals surface area contributed by atoms with Gasteiger partial charge in [0.2, 0.25) is 15.9 Å². The lowest BCUT2D eigenvalue weighted by atomic mass is 10.0. The molecule has 0 aromatic heterocycles. The second kappa shape index (κ2) is 8.88. The van der Waals surface area contributed by atoms with E-state index >= 15 is 0 Å². The number of sulfonamides is 2. The Morgan fingerprint density at radius 3 is 2.29 bits per heavy atom. The predicted molar refractivity (Wildman–Crippen MR) is 122 cm³/mol. The molecule has 10 heteroatoms. The van der Waals surface area contributed by atoms with Gasteiger partial charge in [0.25, 0.3) is 10.0 Å². The topological polar surface area (TPSA) is 113 Å². The quantitative estimate of drug-likeness (QED) is 0.652. The molecule has 0 unspecified atom stereocenters. The highest BCUT2D eigenvalue weighted by Crippen LogP contribution is 2.32. The molecule has 0 fully saturated rings. The smallest absolute Gasteiger partial charge is 0.261 e. The van der Waals surface area contributed by atoms with E-state index in [0.717, 1.165) is 5.56 Å². The molecule has 0 atom stereocenters. The van der Waals surface area contributed by atoms with E-state index in [0.29, 0.717) is 36.4 Å². The van der Waals surface area contributed by atoms with Crippen LogP contribution in [-0.2, 0) is 31.3 Å². The summed E-state index contributed by atoms with van der Waals surface area (Å²) in [5.41, 5.74) is 2.27. The van der Waals surface area contributed by atoms with E-state index in [1.54, 1.807) is 39.0 Å². The summed E-state index contributed by atoms with van der Waals surface area (Å²) in [5.74, 6) is -0.326. The van der Waals surface area contributed by atoms with E-state index in [2.05, 4.69) is 10.0 Å². The Morgan fingerprint density at radius 1 is 1.03 bits per heavy atom. The number of hydrogen-bond donors (Lipinski definition) is 2. The van der Waals surface area contributed by atoms with Crippen LogP contribution in [0.2, 0.25) is 0 Å². The van der Waals surface area contributed by atoms with Gasteiger partial charge in [-0.3, -0.25) is 13.8 Å². The molecule has 3 rings (SSSR count). The molecule has 0 radical (unpaired) electrons. The van der Waals surface area contributed by atoms with Crippen molar-refractivity contribution in [3.05, 3.63) is 48.0 Å². The monoisotopic (exact) mass is 465 g/mol. The molecular weight excluding hydrogens is 438 g/mol. The van der Waals surface area contributed by atoms with Crippen LogP contribution < -0.4 is 14.3 Å². The van der Waals surface area contributed by atoms with Crippen molar-refractivity contribution in [2.24, 2.45) is 5.92 Å². The first-order chi connectivity index (χ1) is 14.5. The molecule has 2 N–H and O–H groups in total. The maximum absolute atomic E-state index is 12.8. The first kappa shape index (κ1) is 23.1. The average molecular weight is 466 g/mol. The summed E-state index contributed by atoms with van der Waals surface area (Å²) in [6.07, 6.45) is 1.34. The van der Waals surface area contributed by atoms with Crippen molar-refractivity contribution >= 4 is 43.0 Å². The third kappa shape index (κ3) is 5.19. The molecule has 1 heterocycles. The Labute approximate surface area is 183 Å². The SMILES string of the molecule is CCS(=O)(=O)N1CCCc2cc(NS(=O)(=O)c3ccc(NC(=O)C(C)C)cc3)ccc21. The van der Waals surface area contributed by atoms with Crippen LogP contribution in [-0.4, -0.2) is 35.0 Å². The normalized spacial score (nSPS) is 14.3. The number of anilines is 3. The minimum atomic E-state index is -3.84. The van der Waals surface area contributed by atoms with E-state index in [4.69, 9.17) is 0 Å². The highest BCUT2D eigenvalue weighted by atomic mass is 32.2. The molecule has 1 amide bonds. The Balaban J connectivity index is 1.80. The fourth-order valence-corrected chi connectivity index (χ4v) is 5.54. The summed E-state index contributed by atoms with van der Waals surface area (Å²) in [4.78, 5) is 11.8. The lowest BCUT2D eigenvalue weighted by Crippen LogP contribution is -2.36. The van der Waals surface area contributed by atoms with Crippen LogP contribution in [0.5, 0.6) is 0 Å². The molecule has 0 spiro atoms. The van der Waals surface area contributed by atoms with Crippen molar-refractivity contribution < 1.29 is 21.6 Å². The fraction of sp³-hybridized carbons (Fsp3) is 0.381. The molecule has 8 nitrogen and oxygen atoms in total. The van der Waals surface area contributed by atoms with Crippen molar-refractivity contribution in [3.63, 3.8) is 0 Å². The van der Waals surface area contributed by atoms with Crippen LogP contribution in [0, 0.1) is 5.92 Å². The maximum Gasteiger partial charge on any atom is 0.261 e. The summed E-state index contributed by atoms with van der Waals surface area (Å²) in [6.45, 7) is 5.57. The number of nitrogens with one attached hydrogen (secondary N) is 2. The Hall–Kier alpha value is -2.59. The van der Waals surface area contributed by atoms with Gasteiger partial charge >= 0.3 is 0 Å². The number of hydrogen-bond acceptors (Lipinski definition) is 5. The highest BCUT2D eigenvalue weighted by Gasteiger charge is 2.26. The standard InChI is InChI=1S/C21H27N3O5S2/c1-4-30(26,27)24-13-5-6-16-14-18(9-12-20(16)24)23-31(28,29)19-10-7-17(8-11-19)22-21(25)15(2)3/h7-12,14-15,23H,4-6,13H2,1-3H3,(H,22,25). The van der Waals surface area contributed by atoms with Crippen LogP contribution in [0.4, 0.5) is 17.1 Å².